The number of aromatic nitrogens is 4. The van der Waals surface area contributed by atoms with Crippen molar-refractivity contribution in [2.45, 2.75) is 0 Å². The van der Waals surface area contributed by atoms with Gasteiger partial charge in [0.25, 0.3) is 0 Å². The molecule has 11 aromatic rings. The van der Waals surface area contributed by atoms with E-state index in [2.05, 4.69) is 177 Å². The maximum absolute atomic E-state index is 6.84. The van der Waals surface area contributed by atoms with Crippen LogP contribution in [0.15, 0.2) is 168 Å². The van der Waals surface area contributed by atoms with E-state index < -0.39 is 0 Å². The number of hydrogen-bond donors (Lipinski definition) is 0. The molecule has 3 aromatic heterocycles. The third kappa shape index (κ3) is 6.04. The molecule has 0 N–H and O–H groups in total. The fourth-order valence-electron chi connectivity index (χ4n) is 9.25. The van der Waals surface area contributed by atoms with Gasteiger partial charge >= 0.3 is 0 Å². The molecule has 0 aliphatic carbocycles. The summed E-state index contributed by atoms with van der Waals surface area (Å²) < 4.78 is 9.19. The average molecular weight is 776 g/mol. The summed E-state index contributed by atoms with van der Waals surface area (Å²) in [5, 5.41) is 4.49. The Bertz CT molecular complexity index is 3520. The lowest BCUT2D eigenvalue weighted by Gasteiger charge is -2.20. The number of benzene rings is 8. The second-order valence-electron chi connectivity index (χ2n) is 16.2. The Morgan fingerprint density at radius 3 is 1.74 bits per heavy atom. The number of rotatable bonds is 6. The summed E-state index contributed by atoms with van der Waals surface area (Å²) >= 11 is 0. The molecular weight excluding hydrogens is 739 g/mol. The van der Waals surface area contributed by atoms with Gasteiger partial charge in [0.2, 0.25) is 0 Å². The minimum Gasteiger partial charge on any atom is -0.455 e. The van der Waals surface area contributed by atoms with Crippen molar-refractivity contribution >= 4 is 110 Å². The van der Waals surface area contributed by atoms with Crippen LogP contribution in [0, 0.1) is 0 Å². The van der Waals surface area contributed by atoms with E-state index in [1.54, 1.807) is 0 Å². The Morgan fingerprint density at radius 2 is 0.951 bits per heavy atom. The molecule has 0 fully saturated rings. The monoisotopic (exact) mass is 776 g/mol. The molecule has 282 valence electrons. The van der Waals surface area contributed by atoms with Gasteiger partial charge in [-0.2, -0.15) is 0 Å². The maximum Gasteiger partial charge on any atom is 0.167 e. The van der Waals surface area contributed by atoms with Crippen LogP contribution in [0.1, 0.15) is 0 Å². The summed E-state index contributed by atoms with van der Waals surface area (Å²) in [6.45, 7) is 0. The van der Waals surface area contributed by atoms with Crippen molar-refractivity contribution < 1.29 is 4.42 Å². The Labute approximate surface area is 358 Å². The Kier molecular flexibility index (Phi) is 8.71. The molecule has 10 heteroatoms. The van der Waals surface area contributed by atoms with Crippen molar-refractivity contribution in [1.82, 2.24) is 19.5 Å². The molecule has 0 spiro atoms. The molecule has 0 amide bonds. The van der Waals surface area contributed by atoms with Crippen LogP contribution in [-0.2, 0) is 0 Å². The smallest absolute Gasteiger partial charge is 0.167 e. The van der Waals surface area contributed by atoms with Gasteiger partial charge < -0.3 is 8.98 Å². The Balaban J connectivity index is 1.04. The first-order chi connectivity index (χ1) is 29.8. The van der Waals surface area contributed by atoms with Gasteiger partial charge in [-0.05, 0) is 76.9 Å². The summed E-state index contributed by atoms with van der Waals surface area (Å²) in [5.41, 5.74) is 19.0. The second-order valence-corrected chi connectivity index (χ2v) is 16.2. The van der Waals surface area contributed by atoms with Gasteiger partial charge in [-0.15, -0.1) is 16.4 Å². The van der Waals surface area contributed by atoms with Gasteiger partial charge in [-0.25, -0.2) is 15.0 Å². The number of para-hydroxylation sites is 3. The van der Waals surface area contributed by atoms with Crippen LogP contribution in [0.2, 0.25) is 0 Å². The highest BCUT2D eigenvalue weighted by atomic mass is 16.3. The maximum atomic E-state index is 6.84. The molecule has 0 aliphatic heterocycles. The zero-order valence-electron chi connectivity index (χ0n) is 34.8. The SMILES string of the molecule is Bc1c(B)c(B)c(-c2cccc(-c3nc(-c4ccccc4)nc(-c4cccc5c4oc4cc(-c6ccc7c(c6)c6ccccc6n7-c6ccccc6)ccc45)n3)c2)c(B)c1B. The van der Waals surface area contributed by atoms with E-state index in [1.807, 2.05) is 30.3 Å². The van der Waals surface area contributed by atoms with Crippen LogP contribution >= 0.6 is 0 Å². The number of hydrogen-bond acceptors (Lipinski definition) is 4. The highest BCUT2D eigenvalue weighted by Crippen LogP contribution is 2.39. The third-order valence-corrected chi connectivity index (χ3v) is 12.8. The summed E-state index contributed by atoms with van der Waals surface area (Å²) in [4.78, 5) is 15.4. The lowest BCUT2D eigenvalue weighted by molar-refractivity contribution is 0.669. The van der Waals surface area contributed by atoms with Gasteiger partial charge in [0, 0.05) is 38.4 Å². The lowest BCUT2D eigenvalue weighted by atomic mass is 9.59. The predicted octanol–water partition coefficient (Wildman–Crippen LogP) is 4.50. The number of fused-ring (bicyclic) bond motifs is 6. The van der Waals surface area contributed by atoms with E-state index in [1.165, 1.54) is 54.7 Å². The lowest BCUT2D eigenvalue weighted by Crippen LogP contribution is -2.55. The van der Waals surface area contributed by atoms with Crippen LogP contribution in [0.4, 0.5) is 0 Å². The van der Waals surface area contributed by atoms with Crippen LogP contribution in [0.3, 0.4) is 0 Å². The van der Waals surface area contributed by atoms with Crippen LogP contribution < -0.4 is 27.3 Å². The standard InChI is InChI=1S/C51H37B5N4O/c52-43-42(44(53)46(55)47(56)45(43)54)31-13-9-14-32(25-31)50-57-49(28-11-3-1-4-12-28)58-51(59-50)37-19-10-18-36-35-23-21-30(27-41(35)61-48(36)37)29-22-24-40-38(26-29)34-17-7-8-20-39(34)60(40)33-15-5-2-6-16-33/h1-27H,52-56H2. The zero-order chi connectivity index (χ0) is 41.4. The highest BCUT2D eigenvalue weighted by Gasteiger charge is 2.20. The molecule has 11 rings (SSSR count). The predicted molar refractivity (Wildman–Crippen MR) is 270 cm³/mol. The van der Waals surface area contributed by atoms with Crippen molar-refractivity contribution in [3.05, 3.63) is 164 Å². The molecule has 0 saturated heterocycles. The minimum absolute atomic E-state index is 0.564. The molecule has 0 unspecified atom stereocenters. The zero-order valence-corrected chi connectivity index (χ0v) is 34.8. The first-order valence-electron chi connectivity index (χ1n) is 20.9. The highest BCUT2D eigenvalue weighted by molar-refractivity contribution is 6.68. The van der Waals surface area contributed by atoms with E-state index in [-0.39, 0.29) is 0 Å². The van der Waals surface area contributed by atoms with E-state index in [9.17, 15) is 0 Å². The molecule has 8 aromatic carbocycles. The van der Waals surface area contributed by atoms with Crippen molar-refractivity contribution in [3.8, 4) is 62.1 Å². The van der Waals surface area contributed by atoms with E-state index in [0.29, 0.717) is 17.5 Å². The largest absolute Gasteiger partial charge is 0.455 e. The quantitative estimate of drug-likeness (QED) is 0.234. The van der Waals surface area contributed by atoms with Crippen molar-refractivity contribution in [2.24, 2.45) is 0 Å². The Hall–Kier alpha value is -7.31. The van der Waals surface area contributed by atoms with Crippen LogP contribution in [0.5, 0.6) is 0 Å². The molecule has 0 bridgehead atoms. The second kappa shape index (κ2) is 14.5. The van der Waals surface area contributed by atoms with E-state index in [0.717, 1.165) is 61.0 Å². The van der Waals surface area contributed by atoms with Crippen molar-refractivity contribution in [3.63, 3.8) is 0 Å². The van der Waals surface area contributed by atoms with Gasteiger partial charge in [0.15, 0.2) is 17.5 Å². The minimum atomic E-state index is 0.564. The van der Waals surface area contributed by atoms with E-state index >= 15 is 0 Å². The van der Waals surface area contributed by atoms with Gasteiger partial charge in [0.1, 0.15) is 50.4 Å². The van der Waals surface area contributed by atoms with Crippen molar-refractivity contribution in [2.75, 3.05) is 0 Å². The molecule has 3 heterocycles. The van der Waals surface area contributed by atoms with Gasteiger partial charge in [0.05, 0.1) is 16.6 Å². The molecule has 0 aliphatic rings. The third-order valence-electron chi connectivity index (χ3n) is 12.8. The normalized spacial score (nSPS) is 11.6. The Morgan fingerprint density at radius 1 is 0.377 bits per heavy atom. The molecule has 61 heavy (non-hydrogen) atoms. The molecular formula is C51H37B5N4O. The summed E-state index contributed by atoms with van der Waals surface area (Å²) in [6, 6.07) is 57.5. The molecule has 0 atom stereocenters. The molecule has 0 saturated carbocycles. The fraction of sp³-hybridized carbons (Fsp3) is 0. The van der Waals surface area contributed by atoms with Crippen LogP contribution in [0.25, 0.3) is 106 Å². The fourth-order valence-corrected chi connectivity index (χ4v) is 9.25. The average Bonchev–Trinajstić information content (AvgIpc) is 3.86. The summed E-state index contributed by atoms with van der Waals surface area (Å²) in [7, 11) is 11.1. The van der Waals surface area contributed by atoms with Crippen molar-refractivity contribution in [1.29, 1.82) is 0 Å². The van der Waals surface area contributed by atoms with E-state index in [4.69, 9.17) is 19.4 Å². The van der Waals surface area contributed by atoms with Gasteiger partial charge in [-0.3, -0.25) is 0 Å². The number of nitrogens with zero attached hydrogens (tertiary/aromatic N) is 4. The van der Waals surface area contributed by atoms with Crippen LogP contribution in [-0.4, -0.2) is 58.8 Å². The molecule has 5 nitrogen and oxygen atoms in total. The summed E-state index contributed by atoms with van der Waals surface area (Å²) in [6.07, 6.45) is 0. The summed E-state index contributed by atoms with van der Waals surface area (Å²) in [5.74, 6) is 1.79. The topological polar surface area (TPSA) is 56.7 Å². The number of furan rings is 1. The van der Waals surface area contributed by atoms with Gasteiger partial charge in [-0.1, -0.05) is 120 Å². The first kappa shape index (κ1) is 36.8. The first-order valence-corrected chi connectivity index (χ1v) is 20.9. The molecule has 0 radical (unpaired) electrons.